The fourth-order valence-corrected chi connectivity index (χ4v) is 1.60. The fraction of sp³-hybridized carbons (Fsp3) is 0.909. The maximum atomic E-state index is 7.38. The summed E-state index contributed by atoms with van der Waals surface area (Å²) in [5.41, 5.74) is 1.45. The zero-order valence-electron chi connectivity index (χ0n) is 19.1. The highest BCUT2D eigenvalue weighted by Gasteiger charge is 2.14. The molecule has 0 atom stereocenters. The quantitative estimate of drug-likeness (QED) is 0.329. The fourth-order valence-electron chi connectivity index (χ4n) is 1.60. The summed E-state index contributed by atoms with van der Waals surface area (Å²) < 4.78 is 0. The van der Waals surface area contributed by atoms with Crippen molar-refractivity contribution in [2.24, 2.45) is 16.2 Å². The van der Waals surface area contributed by atoms with Crippen molar-refractivity contribution < 1.29 is 15.3 Å². The SMILES string of the molecule is C#CCCC(C)(C)C.CC(C)(C)CCCC(C)(C)C.CCOO.CO. The maximum absolute atomic E-state index is 7.38. The Labute approximate surface area is 159 Å². The second-order valence-electron chi connectivity index (χ2n) is 9.66. The van der Waals surface area contributed by atoms with Crippen LogP contribution in [0.3, 0.4) is 0 Å². The Kier molecular flexibility index (Phi) is 23.4. The largest absolute Gasteiger partial charge is 0.400 e. The molecule has 0 saturated heterocycles. The van der Waals surface area contributed by atoms with Crippen LogP contribution in [-0.4, -0.2) is 24.1 Å². The van der Waals surface area contributed by atoms with Crippen LogP contribution in [-0.2, 0) is 4.89 Å². The van der Waals surface area contributed by atoms with E-state index in [0.29, 0.717) is 22.9 Å². The molecule has 0 spiro atoms. The van der Waals surface area contributed by atoms with Crippen LogP contribution in [0.5, 0.6) is 0 Å². The number of hydrogen-bond donors (Lipinski definition) is 2. The zero-order valence-corrected chi connectivity index (χ0v) is 19.1. The first-order valence-electron chi connectivity index (χ1n) is 9.33. The Morgan fingerprint density at radius 2 is 1.04 bits per heavy atom. The van der Waals surface area contributed by atoms with Crippen molar-refractivity contribution in [1.82, 2.24) is 0 Å². The average molecular weight is 361 g/mol. The first-order chi connectivity index (χ1) is 11.2. The molecule has 154 valence electrons. The first kappa shape index (κ1) is 32.1. The van der Waals surface area contributed by atoms with Crippen molar-refractivity contribution >= 4 is 0 Å². The molecule has 0 saturated carbocycles. The monoisotopic (exact) mass is 360 g/mol. The molecule has 0 aliphatic carbocycles. The molecule has 3 heteroatoms. The molecule has 3 nitrogen and oxygen atoms in total. The number of aliphatic hydroxyl groups is 1. The third kappa shape index (κ3) is 59.6. The summed E-state index contributed by atoms with van der Waals surface area (Å²) in [7, 11) is 1.00. The molecule has 0 aromatic carbocycles. The normalized spacial score (nSPS) is 10.9. The van der Waals surface area contributed by atoms with E-state index in [4.69, 9.17) is 16.8 Å². The number of terminal acetylenes is 1. The van der Waals surface area contributed by atoms with Gasteiger partial charge in [0.15, 0.2) is 0 Å². The molecule has 0 radical (unpaired) electrons. The minimum atomic E-state index is 0.375. The average Bonchev–Trinajstić information content (AvgIpc) is 2.44. The van der Waals surface area contributed by atoms with Gasteiger partial charge in [-0.2, -0.15) is 0 Å². The van der Waals surface area contributed by atoms with Gasteiger partial charge < -0.3 is 5.11 Å². The number of hydrogen-bond acceptors (Lipinski definition) is 3. The summed E-state index contributed by atoms with van der Waals surface area (Å²) >= 11 is 0. The van der Waals surface area contributed by atoms with Gasteiger partial charge in [0.05, 0.1) is 6.61 Å². The third-order valence-electron chi connectivity index (χ3n) is 3.00. The van der Waals surface area contributed by atoms with E-state index in [1.165, 1.54) is 19.3 Å². The highest BCUT2D eigenvalue weighted by atomic mass is 17.1. The van der Waals surface area contributed by atoms with Crippen LogP contribution in [0.1, 0.15) is 101 Å². The lowest BCUT2D eigenvalue weighted by molar-refractivity contribution is -0.237. The maximum Gasteiger partial charge on any atom is 0.0791 e. The smallest absolute Gasteiger partial charge is 0.0791 e. The molecule has 0 unspecified atom stereocenters. The molecule has 0 aliphatic rings. The lowest BCUT2D eigenvalue weighted by Crippen LogP contribution is -2.09. The molecule has 0 rings (SSSR count). The van der Waals surface area contributed by atoms with Crippen molar-refractivity contribution in [1.29, 1.82) is 0 Å². The van der Waals surface area contributed by atoms with Crippen molar-refractivity contribution in [2.75, 3.05) is 13.7 Å². The van der Waals surface area contributed by atoms with E-state index in [2.05, 4.69) is 73.1 Å². The Balaban J connectivity index is -0.000000138. The summed E-state index contributed by atoms with van der Waals surface area (Å²) in [6.45, 7) is 22.6. The van der Waals surface area contributed by atoms with Crippen molar-refractivity contribution in [3.05, 3.63) is 0 Å². The van der Waals surface area contributed by atoms with E-state index in [-0.39, 0.29) is 0 Å². The minimum Gasteiger partial charge on any atom is -0.400 e. The van der Waals surface area contributed by atoms with Gasteiger partial charge in [0, 0.05) is 13.5 Å². The molecule has 0 aromatic rings. The molecular formula is C22H48O3. The van der Waals surface area contributed by atoms with Crippen LogP contribution in [0.4, 0.5) is 0 Å². The first-order valence-corrected chi connectivity index (χ1v) is 9.33. The highest BCUT2D eigenvalue weighted by Crippen LogP contribution is 2.27. The second kappa shape index (κ2) is 18.2. The molecule has 0 aromatic heterocycles. The van der Waals surface area contributed by atoms with Crippen LogP contribution < -0.4 is 0 Å². The molecular weight excluding hydrogens is 312 g/mol. The van der Waals surface area contributed by atoms with Gasteiger partial charge in [-0.3, -0.25) is 5.26 Å². The predicted octanol–water partition coefficient (Wildman–Crippen LogP) is 6.80. The van der Waals surface area contributed by atoms with E-state index in [1.54, 1.807) is 6.92 Å². The molecule has 0 aliphatic heterocycles. The highest BCUT2D eigenvalue weighted by molar-refractivity contribution is 4.85. The van der Waals surface area contributed by atoms with Gasteiger partial charge in [-0.05, 0) is 42.4 Å². The van der Waals surface area contributed by atoms with Crippen LogP contribution in [0.15, 0.2) is 0 Å². The van der Waals surface area contributed by atoms with Gasteiger partial charge in [0.1, 0.15) is 0 Å². The van der Waals surface area contributed by atoms with Gasteiger partial charge in [-0.25, -0.2) is 4.89 Å². The molecule has 0 heterocycles. The topological polar surface area (TPSA) is 49.7 Å². The summed E-state index contributed by atoms with van der Waals surface area (Å²) in [5.74, 6) is 2.62. The minimum absolute atomic E-state index is 0.375. The van der Waals surface area contributed by atoms with Gasteiger partial charge in [-0.1, -0.05) is 68.7 Å². The van der Waals surface area contributed by atoms with Gasteiger partial charge in [0.2, 0.25) is 0 Å². The molecule has 0 bridgehead atoms. The van der Waals surface area contributed by atoms with Gasteiger partial charge >= 0.3 is 0 Å². The molecule has 0 fully saturated rings. The second-order valence-corrected chi connectivity index (χ2v) is 9.66. The Hall–Kier alpha value is -0.560. The van der Waals surface area contributed by atoms with E-state index in [0.717, 1.165) is 20.0 Å². The summed E-state index contributed by atoms with van der Waals surface area (Å²) in [5, 5.41) is 14.4. The lowest BCUT2D eigenvalue weighted by Gasteiger charge is -2.22. The van der Waals surface area contributed by atoms with Crippen LogP contribution in [0.25, 0.3) is 0 Å². The zero-order chi connectivity index (χ0) is 21.2. The summed E-state index contributed by atoms with van der Waals surface area (Å²) in [6, 6.07) is 0. The van der Waals surface area contributed by atoms with Crippen LogP contribution in [0.2, 0.25) is 0 Å². The summed E-state index contributed by atoms with van der Waals surface area (Å²) in [4.78, 5) is 3.54. The van der Waals surface area contributed by atoms with Crippen molar-refractivity contribution in [2.45, 2.75) is 101 Å². The molecule has 2 N–H and O–H groups in total. The summed E-state index contributed by atoms with van der Waals surface area (Å²) in [6.07, 6.45) is 11.2. The van der Waals surface area contributed by atoms with Gasteiger partial charge in [-0.15, -0.1) is 12.3 Å². The predicted molar refractivity (Wildman–Crippen MR) is 113 cm³/mol. The Bertz CT molecular complexity index is 266. The van der Waals surface area contributed by atoms with E-state index in [1.807, 2.05) is 0 Å². The van der Waals surface area contributed by atoms with E-state index >= 15 is 0 Å². The van der Waals surface area contributed by atoms with Crippen LogP contribution in [0, 0.1) is 28.6 Å². The third-order valence-corrected chi connectivity index (χ3v) is 3.00. The molecule has 25 heavy (non-hydrogen) atoms. The van der Waals surface area contributed by atoms with Gasteiger partial charge in [0.25, 0.3) is 0 Å². The van der Waals surface area contributed by atoms with Crippen LogP contribution >= 0.6 is 0 Å². The molecule has 0 amide bonds. The number of aliphatic hydroxyl groups excluding tert-OH is 1. The van der Waals surface area contributed by atoms with E-state index in [9.17, 15) is 0 Å². The van der Waals surface area contributed by atoms with E-state index < -0.39 is 0 Å². The Morgan fingerprint density at radius 1 is 0.760 bits per heavy atom. The van der Waals surface area contributed by atoms with Crippen molar-refractivity contribution in [3.8, 4) is 12.3 Å². The Morgan fingerprint density at radius 3 is 1.16 bits per heavy atom. The van der Waals surface area contributed by atoms with Crippen molar-refractivity contribution in [3.63, 3.8) is 0 Å². The standard InChI is InChI=1S/C11H24.C8H14.C2H6O2.CH4O/c1-10(2,3)8-7-9-11(4,5)6;1-5-6-7-8(2,3)4;1-2-4-3;1-2/h7-9H2,1-6H3;1H,6-7H2,2-4H3;3H,2H2,1H3;2H,1H3. The lowest BCUT2D eigenvalue weighted by atomic mass is 9.84. The number of rotatable bonds is 4.